The molecule has 0 aliphatic heterocycles. The maximum absolute atomic E-state index is 8.74. The van der Waals surface area contributed by atoms with Crippen LogP contribution in [0.4, 0.5) is 0 Å². The summed E-state index contributed by atoms with van der Waals surface area (Å²) in [7, 11) is -4.67. The van der Waals surface area contributed by atoms with Gasteiger partial charge in [0, 0.05) is 0 Å². The predicted molar refractivity (Wildman–Crippen MR) is 102 cm³/mol. The summed E-state index contributed by atoms with van der Waals surface area (Å²) in [5.74, 6) is 1.43. The van der Waals surface area contributed by atoms with Crippen molar-refractivity contribution in [3.8, 4) is 0 Å². The van der Waals surface area contributed by atoms with Gasteiger partial charge in [-0.15, -0.1) is 0 Å². The van der Waals surface area contributed by atoms with Gasteiger partial charge in [0.1, 0.15) is 0 Å². The van der Waals surface area contributed by atoms with Gasteiger partial charge in [-0.2, -0.15) is 8.42 Å². The van der Waals surface area contributed by atoms with E-state index in [9.17, 15) is 0 Å². The SMILES string of the molecule is CC(C)Cc1ccc2ccccc2c1CC(C)C.O=S(=O)(O)O.[NaH]. The molecule has 6 heteroatoms. The first-order chi connectivity index (χ1) is 10.6. The summed E-state index contributed by atoms with van der Waals surface area (Å²) in [6, 6.07) is 13.4. The topological polar surface area (TPSA) is 74.6 Å². The summed E-state index contributed by atoms with van der Waals surface area (Å²) >= 11 is 0. The molecule has 2 rings (SSSR count). The maximum atomic E-state index is 8.74. The summed E-state index contributed by atoms with van der Waals surface area (Å²) in [5, 5.41) is 2.82. The van der Waals surface area contributed by atoms with Gasteiger partial charge in [-0.1, -0.05) is 64.1 Å². The quantitative estimate of drug-likeness (QED) is 0.638. The van der Waals surface area contributed by atoms with Gasteiger partial charge in [0.15, 0.2) is 0 Å². The molecule has 2 aromatic carbocycles. The summed E-state index contributed by atoms with van der Waals surface area (Å²) in [6.07, 6.45) is 2.37. The van der Waals surface area contributed by atoms with Crippen LogP contribution in [0, 0.1) is 11.8 Å². The summed E-state index contributed by atoms with van der Waals surface area (Å²) in [5.41, 5.74) is 3.11. The van der Waals surface area contributed by atoms with Crippen LogP contribution in [-0.2, 0) is 23.2 Å². The molecule has 0 unspecified atom stereocenters. The molecule has 0 atom stereocenters. The second-order valence-electron chi connectivity index (χ2n) is 6.57. The fourth-order valence-corrected chi connectivity index (χ4v) is 2.66. The predicted octanol–water partition coefficient (Wildman–Crippen LogP) is 3.94. The average Bonchev–Trinajstić information content (AvgIpc) is 2.38. The molecular weight excluding hydrogens is 335 g/mol. The Bertz CT molecular complexity index is 732. The van der Waals surface area contributed by atoms with Crippen LogP contribution in [0.3, 0.4) is 0 Å². The molecule has 0 aliphatic rings. The Hall–Kier alpha value is -0.430. The zero-order chi connectivity index (χ0) is 17.6. The molecule has 0 heterocycles. The van der Waals surface area contributed by atoms with Gasteiger partial charge in [-0.25, -0.2) is 0 Å². The van der Waals surface area contributed by atoms with Crippen LogP contribution in [0.25, 0.3) is 10.8 Å². The molecule has 0 aliphatic carbocycles. The van der Waals surface area contributed by atoms with Crippen LogP contribution in [0.2, 0.25) is 0 Å². The molecule has 2 N–H and O–H groups in total. The second kappa shape index (κ2) is 10.5. The molecule has 130 valence electrons. The zero-order valence-corrected chi connectivity index (χ0v) is 15.0. The minimum atomic E-state index is -4.67. The van der Waals surface area contributed by atoms with Gasteiger partial charge in [0.2, 0.25) is 0 Å². The van der Waals surface area contributed by atoms with Gasteiger partial charge >= 0.3 is 40.0 Å². The van der Waals surface area contributed by atoms with E-state index in [1.165, 1.54) is 29.2 Å². The molecule has 0 aromatic heterocycles. The van der Waals surface area contributed by atoms with Gasteiger partial charge < -0.3 is 0 Å². The van der Waals surface area contributed by atoms with Gasteiger partial charge in [0.25, 0.3) is 0 Å². The third-order valence-electron chi connectivity index (χ3n) is 3.38. The van der Waals surface area contributed by atoms with Crippen LogP contribution in [0.1, 0.15) is 38.8 Å². The van der Waals surface area contributed by atoms with E-state index in [4.69, 9.17) is 17.5 Å². The van der Waals surface area contributed by atoms with Crippen molar-refractivity contribution in [3.63, 3.8) is 0 Å². The van der Waals surface area contributed by atoms with Crippen molar-refractivity contribution in [2.45, 2.75) is 40.5 Å². The van der Waals surface area contributed by atoms with Crippen LogP contribution < -0.4 is 0 Å². The van der Waals surface area contributed by atoms with Crippen molar-refractivity contribution in [2.24, 2.45) is 11.8 Å². The third-order valence-corrected chi connectivity index (χ3v) is 3.38. The molecule has 0 spiro atoms. The number of rotatable bonds is 4. The Balaban J connectivity index is 0.000000777. The standard InChI is InChI=1S/C18H24.Na.H2O4S.H/c1-13(2)11-16-10-9-15-7-5-6-8-17(15)18(16)12-14(3)4;;1-5(2,3)4;/h5-10,13-14H,11-12H2,1-4H3;;(H2,1,2,3,4);. The molecule has 0 bridgehead atoms. The molecule has 4 nitrogen and oxygen atoms in total. The molecular formula is C18H27NaO4S. The molecule has 0 saturated carbocycles. The van der Waals surface area contributed by atoms with E-state index in [0.717, 1.165) is 5.92 Å². The normalized spacial score (nSPS) is 11.2. The molecule has 0 amide bonds. The third kappa shape index (κ3) is 9.16. The monoisotopic (exact) mass is 362 g/mol. The van der Waals surface area contributed by atoms with Crippen LogP contribution in [-0.4, -0.2) is 47.1 Å². The number of hydrogen-bond donors (Lipinski definition) is 2. The first kappa shape index (κ1) is 23.6. The molecule has 0 saturated heterocycles. The van der Waals surface area contributed by atoms with E-state index >= 15 is 0 Å². The Morgan fingerprint density at radius 1 is 0.875 bits per heavy atom. The van der Waals surface area contributed by atoms with E-state index in [2.05, 4.69) is 64.1 Å². The first-order valence-electron chi connectivity index (χ1n) is 7.77. The van der Waals surface area contributed by atoms with Crippen molar-refractivity contribution >= 4 is 50.7 Å². The molecule has 0 radical (unpaired) electrons. The van der Waals surface area contributed by atoms with Gasteiger partial charge in [-0.05, 0) is 46.6 Å². The van der Waals surface area contributed by atoms with Crippen molar-refractivity contribution < 1.29 is 17.5 Å². The average molecular weight is 362 g/mol. The minimum absolute atomic E-state index is 0. The fraction of sp³-hybridized carbons (Fsp3) is 0.444. The number of fused-ring (bicyclic) bond motifs is 1. The molecule has 2 aromatic rings. The van der Waals surface area contributed by atoms with E-state index in [1.54, 1.807) is 5.56 Å². The molecule has 24 heavy (non-hydrogen) atoms. The first-order valence-corrected chi connectivity index (χ1v) is 9.17. The van der Waals surface area contributed by atoms with Gasteiger partial charge in [-0.3, -0.25) is 9.11 Å². The van der Waals surface area contributed by atoms with Gasteiger partial charge in [0.05, 0.1) is 0 Å². The van der Waals surface area contributed by atoms with Crippen molar-refractivity contribution in [2.75, 3.05) is 0 Å². The summed E-state index contributed by atoms with van der Waals surface area (Å²) in [4.78, 5) is 0. The van der Waals surface area contributed by atoms with E-state index < -0.39 is 10.4 Å². The van der Waals surface area contributed by atoms with E-state index in [0.29, 0.717) is 5.92 Å². The number of benzene rings is 2. The Labute approximate surface area is 167 Å². The van der Waals surface area contributed by atoms with Crippen LogP contribution >= 0.6 is 0 Å². The summed E-state index contributed by atoms with van der Waals surface area (Å²) in [6.45, 7) is 9.21. The zero-order valence-electron chi connectivity index (χ0n) is 14.2. The number of hydrogen-bond acceptors (Lipinski definition) is 2. The van der Waals surface area contributed by atoms with E-state index in [1.807, 2.05) is 0 Å². The van der Waals surface area contributed by atoms with Crippen molar-refractivity contribution in [1.29, 1.82) is 0 Å². The van der Waals surface area contributed by atoms with Crippen molar-refractivity contribution in [1.82, 2.24) is 0 Å². The van der Waals surface area contributed by atoms with E-state index in [-0.39, 0.29) is 29.6 Å². The Morgan fingerprint density at radius 3 is 1.88 bits per heavy atom. The molecule has 0 fully saturated rings. The van der Waals surface area contributed by atoms with Crippen molar-refractivity contribution in [3.05, 3.63) is 47.5 Å². The van der Waals surface area contributed by atoms with Crippen LogP contribution in [0.5, 0.6) is 0 Å². The summed E-state index contributed by atoms with van der Waals surface area (Å²) < 4.78 is 31.6. The second-order valence-corrected chi connectivity index (χ2v) is 7.46. The fourth-order valence-electron chi connectivity index (χ4n) is 2.66. The van der Waals surface area contributed by atoms with Crippen LogP contribution in [0.15, 0.2) is 36.4 Å². The Morgan fingerprint density at radius 2 is 1.38 bits per heavy atom. The Kier molecular flexibility index (Phi) is 10.3.